The zero-order valence-corrected chi connectivity index (χ0v) is 13.5. The van der Waals surface area contributed by atoms with Gasteiger partial charge < -0.3 is 0 Å². The average Bonchev–Trinajstić information content (AvgIpc) is 2.37. The number of hydrogen-bond acceptors (Lipinski definition) is 4. The molecule has 0 amide bonds. The molecule has 1 aromatic rings. The lowest BCUT2D eigenvalue weighted by atomic mass is 10.2. The van der Waals surface area contributed by atoms with Gasteiger partial charge in [0.2, 0.25) is 20.0 Å². The Morgan fingerprint density at radius 1 is 1.05 bits per heavy atom. The molecule has 6 nitrogen and oxygen atoms in total. The predicted molar refractivity (Wildman–Crippen MR) is 79.4 cm³/mol. The molecule has 1 N–H and O–H groups in total. The molecule has 0 aliphatic carbocycles. The van der Waals surface area contributed by atoms with E-state index in [0.29, 0.717) is 5.56 Å². The van der Waals surface area contributed by atoms with Crippen LogP contribution in [0.25, 0.3) is 0 Å². The molecule has 0 spiro atoms. The summed E-state index contributed by atoms with van der Waals surface area (Å²) < 4.78 is 62.4. The lowest BCUT2D eigenvalue weighted by Gasteiger charge is -2.11. The number of hydrogen-bond donors (Lipinski definition) is 1. The van der Waals surface area contributed by atoms with Crippen LogP contribution in [0.1, 0.15) is 5.56 Å². The maximum atomic E-state index is 12.7. The molecule has 0 bridgehead atoms. The molecule has 1 aromatic carbocycles. The van der Waals surface area contributed by atoms with Crippen molar-refractivity contribution >= 4 is 20.0 Å². The van der Waals surface area contributed by atoms with Crippen LogP contribution in [0.5, 0.6) is 0 Å². The maximum Gasteiger partial charge on any atom is 0.214 e. The first-order chi connectivity index (χ1) is 9.62. The maximum absolute atomic E-state index is 12.7. The molecular weight excluding hydrogens is 319 g/mol. The summed E-state index contributed by atoms with van der Waals surface area (Å²) in [5.74, 6) is -0.857. The van der Waals surface area contributed by atoms with Gasteiger partial charge >= 0.3 is 0 Å². The van der Waals surface area contributed by atoms with Crippen molar-refractivity contribution in [2.75, 3.05) is 32.1 Å². The molecule has 0 fully saturated rings. The summed E-state index contributed by atoms with van der Waals surface area (Å²) in [6.07, 6.45) is 0.232. The van der Waals surface area contributed by atoms with E-state index in [1.54, 1.807) is 0 Å². The Hall–Kier alpha value is -1.03. The third kappa shape index (κ3) is 6.51. The summed E-state index contributed by atoms with van der Waals surface area (Å²) in [6.45, 7) is -0.174. The molecule has 0 aliphatic heterocycles. The van der Waals surface area contributed by atoms with Crippen molar-refractivity contribution in [2.24, 2.45) is 0 Å². The monoisotopic (exact) mass is 338 g/mol. The number of nitrogens with one attached hydrogen (secondary N) is 1. The molecule has 0 unspecified atom stereocenters. The molecular formula is C12H19FN2O4S2. The van der Waals surface area contributed by atoms with E-state index in [2.05, 4.69) is 4.72 Å². The van der Waals surface area contributed by atoms with Gasteiger partial charge in [0.25, 0.3) is 0 Å². The highest BCUT2D eigenvalue weighted by Gasteiger charge is 2.16. The Labute approximate surface area is 125 Å². The van der Waals surface area contributed by atoms with Crippen LogP contribution in [-0.4, -0.2) is 53.3 Å². The van der Waals surface area contributed by atoms with Crippen LogP contribution in [0, 0.1) is 5.82 Å². The number of benzene rings is 1. The van der Waals surface area contributed by atoms with Crippen molar-refractivity contribution in [1.82, 2.24) is 9.03 Å². The second-order valence-electron chi connectivity index (χ2n) is 4.69. The third-order valence-corrected chi connectivity index (χ3v) is 6.03. The predicted octanol–water partition coefficient (Wildman–Crippen LogP) is 0.179. The van der Waals surface area contributed by atoms with Gasteiger partial charge in [0.05, 0.1) is 11.5 Å². The smallest absolute Gasteiger partial charge is 0.214 e. The van der Waals surface area contributed by atoms with E-state index >= 15 is 0 Å². The van der Waals surface area contributed by atoms with E-state index in [4.69, 9.17) is 0 Å². The van der Waals surface area contributed by atoms with Crippen LogP contribution in [0.4, 0.5) is 4.39 Å². The second kappa shape index (κ2) is 7.30. The van der Waals surface area contributed by atoms with Crippen molar-refractivity contribution in [3.8, 4) is 0 Å². The zero-order chi connectivity index (χ0) is 16.1. The van der Waals surface area contributed by atoms with Crippen LogP contribution >= 0.6 is 0 Å². The summed E-state index contributed by atoms with van der Waals surface area (Å²) in [7, 11) is -4.22. The number of sulfonamides is 2. The Morgan fingerprint density at radius 2 is 1.62 bits per heavy atom. The van der Waals surface area contributed by atoms with Crippen molar-refractivity contribution in [2.45, 2.75) is 6.42 Å². The minimum absolute atomic E-state index is 0.174. The van der Waals surface area contributed by atoms with E-state index in [0.717, 1.165) is 4.31 Å². The van der Waals surface area contributed by atoms with Crippen molar-refractivity contribution in [3.05, 3.63) is 35.6 Å². The van der Waals surface area contributed by atoms with Crippen molar-refractivity contribution in [1.29, 1.82) is 0 Å². The topological polar surface area (TPSA) is 83.6 Å². The Bertz CT molecular complexity index is 655. The first kappa shape index (κ1) is 18.0. The molecule has 0 saturated heterocycles. The fraction of sp³-hybridized carbons (Fsp3) is 0.500. The quantitative estimate of drug-likeness (QED) is 0.733. The Kier molecular flexibility index (Phi) is 6.26. The third-order valence-electron chi connectivity index (χ3n) is 2.81. The molecule has 0 radical (unpaired) electrons. The second-order valence-corrected chi connectivity index (χ2v) is 8.92. The molecule has 0 saturated carbocycles. The van der Waals surface area contributed by atoms with Gasteiger partial charge in [0.1, 0.15) is 5.82 Å². The summed E-state index contributed by atoms with van der Waals surface area (Å²) >= 11 is 0. The molecule has 0 atom stereocenters. The Morgan fingerprint density at radius 3 is 2.14 bits per heavy atom. The van der Waals surface area contributed by atoms with Crippen LogP contribution in [0.15, 0.2) is 24.3 Å². The molecule has 21 heavy (non-hydrogen) atoms. The lowest BCUT2D eigenvalue weighted by molar-refractivity contribution is 0.519. The average molecular weight is 338 g/mol. The van der Waals surface area contributed by atoms with E-state index in [9.17, 15) is 21.2 Å². The highest BCUT2D eigenvalue weighted by Crippen LogP contribution is 2.04. The fourth-order valence-electron chi connectivity index (χ4n) is 1.48. The number of nitrogens with zero attached hydrogens (tertiary/aromatic N) is 1. The fourth-order valence-corrected chi connectivity index (χ4v) is 3.40. The SMILES string of the molecule is CN(C)S(=O)(=O)CCNS(=O)(=O)CCc1ccc(F)cc1. The molecule has 0 aromatic heterocycles. The van der Waals surface area contributed by atoms with Gasteiger partial charge in [-0.2, -0.15) is 0 Å². The zero-order valence-electron chi connectivity index (χ0n) is 11.9. The van der Waals surface area contributed by atoms with Crippen LogP contribution in [0.2, 0.25) is 0 Å². The first-order valence-electron chi connectivity index (χ1n) is 6.24. The summed E-state index contributed by atoms with van der Waals surface area (Å²) in [5, 5.41) is 0. The standard InChI is InChI=1S/C12H19FN2O4S2/c1-15(2)21(18,19)10-8-14-20(16,17)9-7-11-3-5-12(13)6-4-11/h3-6,14H,7-10H2,1-2H3. The molecule has 9 heteroatoms. The number of halogens is 1. The summed E-state index contributed by atoms with van der Waals surface area (Å²) in [4.78, 5) is 0. The van der Waals surface area contributed by atoms with Gasteiger partial charge in [-0.3, -0.25) is 0 Å². The lowest BCUT2D eigenvalue weighted by Crippen LogP contribution is -2.35. The van der Waals surface area contributed by atoms with Gasteiger partial charge in [0.15, 0.2) is 0 Å². The van der Waals surface area contributed by atoms with E-state index in [1.807, 2.05) is 0 Å². The number of rotatable bonds is 8. The summed E-state index contributed by atoms with van der Waals surface area (Å²) in [6, 6.07) is 5.56. The normalized spacial score (nSPS) is 12.8. The van der Waals surface area contributed by atoms with Crippen molar-refractivity contribution in [3.63, 3.8) is 0 Å². The largest absolute Gasteiger partial charge is 0.214 e. The van der Waals surface area contributed by atoms with Gasteiger partial charge in [-0.25, -0.2) is 30.3 Å². The van der Waals surface area contributed by atoms with Crippen LogP contribution in [-0.2, 0) is 26.5 Å². The van der Waals surface area contributed by atoms with Gasteiger partial charge in [-0.05, 0) is 24.1 Å². The van der Waals surface area contributed by atoms with E-state index in [1.165, 1.54) is 38.4 Å². The number of aryl methyl sites for hydroxylation is 1. The van der Waals surface area contributed by atoms with Gasteiger partial charge in [-0.15, -0.1) is 0 Å². The molecule has 0 heterocycles. The van der Waals surface area contributed by atoms with Gasteiger partial charge in [-0.1, -0.05) is 12.1 Å². The molecule has 0 aliphatic rings. The summed E-state index contributed by atoms with van der Waals surface area (Å²) in [5.41, 5.74) is 0.697. The van der Waals surface area contributed by atoms with E-state index < -0.39 is 20.0 Å². The highest BCUT2D eigenvalue weighted by molar-refractivity contribution is 7.90. The molecule has 1 rings (SSSR count). The van der Waals surface area contributed by atoms with Crippen molar-refractivity contribution < 1.29 is 21.2 Å². The van der Waals surface area contributed by atoms with Gasteiger partial charge in [0, 0.05) is 20.6 Å². The van der Waals surface area contributed by atoms with Crippen LogP contribution in [0.3, 0.4) is 0 Å². The first-order valence-corrected chi connectivity index (χ1v) is 9.50. The Balaban J connectivity index is 2.46. The van der Waals surface area contributed by atoms with E-state index in [-0.39, 0.29) is 30.3 Å². The van der Waals surface area contributed by atoms with Crippen LogP contribution < -0.4 is 4.72 Å². The molecule has 120 valence electrons. The minimum atomic E-state index is -3.56. The highest BCUT2D eigenvalue weighted by atomic mass is 32.2. The minimum Gasteiger partial charge on any atom is -0.214 e.